The Bertz CT molecular complexity index is 274. The summed E-state index contributed by atoms with van der Waals surface area (Å²) in [6, 6.07) is 7.78. The standard InChI is InChI=1S/C11H18N2O/c1-13(2)6-7-14-9-10-4-3-5-11(12)8-10/h3-5,8H,6-7,9,12H2,1-2H3. The van der Waals surface area contributed by atoms with Crippen molar-refractivity contribution in [2.75, 3.05) is 33.0 Å². The lowest BCUT2D eigenvalue weighted by Crippen LogP contribution is -2.17. The van der Waals surface area contributed by atoms with Gasteiger partial charge in [0.1, 0.15) is 0 Å². The van der Waals surface area contributed by atoms with Gasteiger partial charge in [0.2, 0.25) is 0 Å². The third-order valence-corrected chi connectivity index (χ3v) is 1.90. The molecule has 0 saturated heterocycles. The first kappa shape index (κ1) is 11.0. The number of rotatable bonds is 5. The molecule has 0 fully saturated rings. The maximum absolute atomic E-state index is 5.65. The Hall–Kier alpha value is -1.06. The monoisotopic (exact) mass is 194 g/mol. The molecule has 1 aromatic rings. The minimum absolute atomic E-state index is 0.638. The quantitative estimate of drug-likeness (QED) is 0.568. The van der Waals surface area contributed by atoms with Crippen LogP contribution in [-0.2, 0) is 11.3 Å². The Labute approximate surface area is 85.5 Å². The van der Waals surface area contributed by atoms with Crippen LogP contribution in [0.3, 0.4) is 0 Å². The lowest BCUT2D eigenvalue weighted by atomic mass is 10.2. The summed E-state index contributed by atoms with van der Waals surface area (Å²) in [5, 5.41) is 0. The molecule has 0 aliphatic carbocycles. The van der Waals surface area contributed by atoms with Crippen LogP contribution in [0.25, 0.3) is 0 Å². The van der Waals surface area contributed by atoms with E-state index in [0.29, 0.717) is 6.61 Å². The van der Waals surface area contributed by atoms with Crippen LogP contribution in [0, 0.1) is 0 Å². The highest BCUT2D eigenvalue weighted by molar-refractivity contribution is 5.40. The van der Waals surface area contributed by atoms with Crippen molar-refractivity contribution in [3.63, 3.8) is 0 Å². The lowest BCUT2D eigenvalue weighted by Gasteiger charge is -2.09. The minimum atomic E-state index is 0.638. The van der Waals surface area contributed by atoms with Crippen LogP contribution in [0.1, 0.15) is 5.56 Å². The molecule has 0 aliphatic heterocycles. The fraction of sp³-hybridized carbons (Fsp3) is 0.455. The SMILES string of the molecule is CN(C)CCOCc1cccc(N)c1. The van der Waals surface area contributed by atoms with Gasteiger partial charge >= 0.3 is 0 Å². The summed E-state index contributed by atoms with van der Waals surface area (Å²) in [4.78, 5) is 2.10. The number of nitrogen functional groups attached to an aromatic ring is 1. The molecule has 1 rings (SSSR count). The van der Waals surface area contributed by atoms with E-state index >= 15 is 0 Å². The Morgan fingerprint density at radius 3 is 2.79 bits per heavy atom. The van der Waals surface area contributed by atoms with E-state index in [2.05, 4.69) is 4.90 Å². The van der Waals surface area contributed by atoms with E-state index < -0.39 is 0 Å². The number of ether oxygens (including phenoxy) is 1. The number of hydrogen-bond acceptors (Lipinski definition) is 3. The molecule has 0 saturated carbocycles. The molecule has 14 heavy (non-hydrogen) atoms. The predicted molar refractivity (Wildman–Crippen MR) is 59.1 cm³/mol. The highest BCUT2D eigenvalue weighted by Gasteiger charge is 1.94. The van der Waals surface area contributed by atoms with Crippen LogP contribution < -0.4 is 5.73 Å². The molecule has 0 unspecified atom stereocenters. The van der Waals surface area contributed by atoms with E-state index in [1.807, 2.05) is 38.4 Å². The number of nitrogens with zero attached hydrogens (tertiary/aromatic N) is 1. The molecule has 0 aromatic heterocycles. The van der Waals surface area contributed by atoms with E-state index in [9.17, 15) is 0 Å². The summed E-state index contributed by atoms with van der Waals surface area (Å²) in [7, 11) is 4.06. The number of anilines is 1. The molecule has 0 amide bonds. The van der Waals surface area contributed by atoms with Crippen LogP contribution in [-0.4, -0.2) is 32.1 Å². The zero-order chi connectivity index (χ0) is 10.4. The van der Waals surface area contributed by atoms with Crippen molar-refractivity contribution < 1.29 is 4.74 Å². The summed E-state index contributed by atoms with van der Waals surface area (Å²) in [6.45, 7) is 2.34. The molecule has 0 heterocycles. The average molecular weight is 194 g/mol. The first-order valence-corrected chi connectivity index (χ1v) is 4.75. The Balaban J connectivity index is 2.25. The van der Waals surface area contributed by atoms with Crippen molar-refractivity contribution in [2.24, 2.45) is 0 Å². The van der Waals surface area contributed by atoms with Crippen LogP contribution in [0.4, 0.5) is 5.69 Å². The van der Waals surface area contributed by atoms with Gasteiger partial charge in [-0.3, -0.25) is 0 Å². The summed E-state index contributed by atoms with van der Waals surface area (Å²) in [5.74, 6) is 0. The van der Waals surface area contributed by atoms with Gasteiger partial charge in [-0.05, 0) is 31.8 Å². The van der Waals surface area contributed by atoms with Crippen molar-refractivity contribution in [1.29, 1.82) is 0 Å². The fourth-order valence-corrected chi connectivity index (χ4v) is 1.12. The fourth-order valence-electron chi connectivity index (χ4n) is 1.12. The Kier molecular flexibility index (Phi) is 4.43. The Morgan fingerprint density at radius 2 is 2.14 bits per heavy atom. The van der Waals surface area contributed by atoms with E-state index in [1.165, 1.54) is 0 Å². The van der Waals surface area contributed by atoms with Gasteiger partial charge in [0.15, 0.2) is 0 Å². The average Bonchev–Trinajstić information content (AvgIpc) is 2.12. The number of benzene rings is 1. The van der Waals surface area contributed by atoms with Crippen molar-refractivity contribution in [3.05, 3.63) is 29.8 Å². The van der Waals surface area contributed by atoms with E-state index in [0.717, 1.165) is 24.4 Å². The molecule has 0 radical (unpaired) electrons. The van der Waals surface area contributed by atoms with Crippen LogP contribution in [0.15, 0.2) is 24.3 Å². The maximum atomic E-state index is 5.65. The molecule has 0 aliphatic rings. The first-order chi connectivity index (χ1) is 6.68. The number of nitrogens with two attached hydrogens (primary N) is 1. The third kappa shape index (κ3) is 4.25. The molecule has 0 atom stereocenters. The van der Waals surface area contributed by atoms with Crippen molar-refractivity contribution >= 4 is 5.69 Å². The lowest BCUT2D eigenvalue weighted by molar-refractivity contribution is 0.105. The van der Waals surface area contributed by atoms with Gasteiger partial charge in [0, 0.05) is 12.2 Å². The molecular formula is C11H18N2O. The number of hydrogen-bond donors (Lipinski definition) is 1. The molecule has 2 N–H and O–H groups in total. The molecule has 0 bridgehead atoms. The second-order valence-electron chi connectivity index (χ2n) is 3.60. The predicted octanol–water partition coefficient (Wildman–Crippen LogP) is 1.35. The molecule has 3 heteroatoms. The van der Waals surface area contributed by atoms with Gasteiger partial charge in [0.05, 0.1) is 13.2 Å². The van der Waals surface area contributed by atoms with Crippen molar-refractivity contribution in [1.82, 2.24) is 4.90 Å². The van der Waals surface area contributed by atoms with Crippen LogP contribution in [0.5, 0.6) is 0 Å². The zero-order valence-corrected chi connectivity index (χ0v) is 8.86. The van der Waals surface area contributed by atoms with E-state index in [-0.39, 0.29) is 0 Å². The zero-order valence-electron chi connectivity index (χ0n) is 8.86. The van der Waals surface area contributed by atoms with Gasteiger partial charge in [0.25, 0.3) is 0 Å². The maximum Gasteiger partial charge on any atom is 0.0718 e. The smallest absolute Gasteiger partial charge is 0.0718 e. The second kappa shape index (κ2) is 5.62. The van der Waals surface area contributed by atoms with Crippen molar-refractivity contribution in [3.8, 4) is 0 Å². The van der Waals surface area contributed by atoms with Crippen molar-refractivity contribution in [2.45, 2.75) is 6.61 Å². The molecule has 78 valence electrons. The van der Waals surface area contributed by atoms with Gasteiger partial charge in [-0.2, -0.15) is 0 Å². The first-order valence-electron chi connectivity index (χ1n) is 4.75. The minimum Gasteiger partial charge on any atom is -0.399 e. The summed E-state index contributed by atoms with van der Waals surface area (Å²) in [5.41, 5.74) is 7.57. The molecule has 1 aromatic carbocycles. The molecule has 3 nitrogen and oxygen atoms in total. The van der Waals surface area contributed by atoms with Gasteiger partial charge < -0.3 is 15.4 Å². The summed E-state index contributed by atoms with van der Waals surface area (Å²) >= 11 is 0. The van der Waals surface area contributed by atoms with Crippen LogP contribution >= 0.6 is 0 Å². The third-order valence-electron chi connectivity index (χ3n) is 1.90. The summed E-state index contributed by atoms with van der Waals surface area (Å²) in [6.07, 6.45) is 0. The highest BCUT2D eigenvalue weighted by Crippen LogP contribution is 2.07. The van der Waals surface area contributed by atoms with E-state index in [1.54, 1.807) is 0 Å². The van der Waals surface area contributed by atoms with Crippen LogP contribution in [0.2, 0.25) is 0 Å². The topological polar surface area (TPSA) is 38.5 Å². The highest BCUT2D eigenvalue weighted by atomic mass is 16.5. The summed E-state index contributed by atoms with van der Waals surface area (Å²) < 4.78 is 5.49. The molecule has 0 spiro atoms. The van der Waals surface area contributed by atoms with Gasteiger partial charge in [-0.1, -0.05) is 12.1 Å². The Morgan fingerprint density at radius 1 is 1.36 bits per heavy atom. The normalized spacial score (nSPS) is 10.8. The largest absolute Gasteiger partial charge is 0.399 e. The van der Waals surface area contributed by atoms with Gasteiger partial charge in [-0.15, -0.1) is 0 Å². The molecular weight excluding hydrogens is 176 g/mol. The second-order valence-corrected chi connectivity index (χ2v) is 3.60. The van der Waals surface area contributed by atoms with E-state index in [4.69, 9.17) is 10.5 Å². The van der Waals surface area contributed by atoms with Gasteiger partial charge in [-0.25, -0.2) is 0 Å². The number of likely N-dealkylation sites (N-methyl/N-ethyl adjacent to an activating group) is 1.